The quantitative estimate of drug-likeness (QED) is 0.335. The molecule has 4 aromatic rings. The van der Waals surface area contributed by atoms with Crippen LogP contribution < -0.4 is 15.5 Å². The number of H-pyrrole nitrogens is 1. The first kappa shape index (κ1) is 20.3. The second-order valence-corrected chi connectivity index (χ2v) is 8.37. The fourth-order valence-electron chi connectivity index (χ4n) is 4.25. The van der Waals surface area contributed by atoms with Crippen LogP contribution in [0.25, 0.3) is 11.0 Å². The number of aromatic nitrogens is 3. The summed E-state index contributed by atoms with van der Waals surface area (Å²) >= 11 is 5.90. The van der Waals surface area contributed by atoms with Gasteiger partial charge < -0.3 is 20.5 Å². The SMILES string of the molecule is O=C(Nc1ccc(Cl)cc1)Nc1cccc(C2CCCN(c3ncnc4[nH]ccc34)C2)c1.[HH].[HH].[HH]. The molecule has 0 spiro atoms. The number of piperidine rings is 1. The number of carbonyl (C=O) groups is 1. The van der Waals surface area contributed by atoms with Crippen molar-refractivity contribution in [2.24, 2.45) is 0 Å². The van der Waals surface area contributed by atoms with E-state index in [4.69, 9.17) is 11.6 Å². The van der Waals surface area contributed by atoms with E-state index >= 15 is 0 Å². The smallest absolute Gasteiger partial charge is 0.323 e. The molecule has 2 aromatic heterocycles. The summed E-state index contributed by atoms with van der Waals surface area (Å²) in [5, 5.41) is 7.43. The lowest BCUT2D eigenvalue weighted by Gasteiger charge is -2.34. The third-order valence-corrected chi connectivity index (χ3v) is 6.02. The molecule has 32 heavy (non-hydrogen) atoms. The maximum Gasteiger partial charge on any atom is 0.323 e. The molecule has 1 saturated heterocycles. The van der Waals surface area contributed by atoms with E-state index < -0.39 is 0 Å². The zero-order valence-corrected chi connectivity index (χ0v) is 18.1. The number of halogens is 1. The number of amides is 2. The summed E-state index contributed by atoms with van der Waals surface area (Å²) < 4.78 is 0. The Morgan fingerprint density at radius 3 is 2.81 bits per heavy atom. The van der Waals surface area contributed by atoms with Crippen molar-refractivity contribution in [1.82, 2.24) is 15.0 Å². The molecule has 0 saturated carbocycles. The Balaban J connectivity index is 0.00000144. The van der Waals surface area contributed by atoms with E-state index in [1.54, 1.807) is 30.6 Å². The van der Waals surface area contributed by atoms with Crippen molar-refractivity contribution in [3.63, 3.8) is 0 Å². The van der Waals surface area contributed by atoms with Crippen molar-refractivity contribution < 1.29 is 9.07 Å². The normalized spacial score (nSPS) is 16.2. The molecule has 0 bridgehead atoms. The van der Waals surface area contributed by atoms with Gasteiger partial charge in [-0.25, -0.2) is 14.8 Å². The number of urea groups is 1. The summed E-state index contributed by atoms with van der Waals surface area (Å²) in [5.41, 5.74) is 3.52. The maximum atomic E-state index is 12.4. The van der Waals surface area contributed by atoms with Gasteiger partial charge in [0.25, 0.3) is 0 Å². The van der Waals surface area contributed by atoms with Crippen molar-refractivity contribution >= 4 is 45.9 Å². The van der Waals surface area contributed by atoms with Crippen LogP contribution in [0.1, 0.15) is 28.6 Å². The molecule has 1 atom stereocenters. The zero-order valence-electron chi connectivity index (χ0n) is 17.4. The summed E-state index contributed by atoms with van der Waals surface area (Å²) in [6.07, 6.45) is 5.68. The third kappa shape index (κ3) is 4.38. The number of nitrogens with zero attached hydrogens (tertiary/aromatic N) is 3. The van der Waals surface area contributed by atoms with Gasteiger partial charge in [-0.3, -0.25) is 0 Å². The van der Waals surface area contributed by atoms with Crippen molar-refractivity contribution in [3.05, 3.63) is 77.7 Å². The lowest BCUT2D eigenvalue weighted by atomic mass is 9.90. The lowest BCUT2D eigenvalue weighted by molar-refractivity contribution is 0.262. The highest BCUT2D eigenvalue weighted by molar-refractivity contribution is 6.30. The zero-order chi connectivity index (χ0) is 21.9. The average molecular weight is 453 g/mol. The fourth-order valence-corrected chi connectivity index (χ4v) is 4.38. The van der Waals surface area contributed by atoms with E-state index in [2.05, 4.69) is 42.6 Å². The Kier molecular flexibility index (Phi) is 5.64. The van der Waals surface area contributed by atoms with Crippen molar-refractivity contribution in [2.45, 2.75) is 18.8 Å². The minimum atomic E-state index is -0.287. The van der Waals surface area contributed by atoms with Gasteiger partial charge in [-0.1, -0.05) is 23.7 Å². The van der Waals surface area contributed by atoms with E-state index in [1.165, 1.54) is 5.56 Å². The largest absolute Gasteiger partial charge is 0.355 e. The number of fused-ring (bicyclic) bond motifs is 1. The molecular weight excluding hydrogens is 424 g/mol. The number of rotatable bonds is 4. The molecule has 168 valence electrons. The number of aromatic amines is 1. The standard InChI is InChI=1S/C24H23ClN6O.3H2/c25-18-6-8-19(9-7-18)29-24(32)30-20-5-1-3-16(13-20)17-4-2-12-31(14-17)23-21-10-11-26-22(21)27-15-28-23;;;/h1,3,5-11,13,15,17H,2,4,12,14H2,(H,26,27,28)(H2,29,30,32);3*1H. The van der Waals surface area contributed by atoms with Crippen LogP contribution in [0.5, 0.6) is 0 Å². The highest BCUT2D eigenvalue weighted by Gasteiger charge is 2.24. The first-order valence-corrected chi connectivity index (χ1v) is 11.0. The lowest BCUT2D eigenvalue weighted by Crippen LogP contribution is -2.35. The van der Waals surface area contributed by atoms with Gasteiger partial charge in [0.1, 0.15) is 17.8 Å². The summed E-state index contributed by atoms with van der Waals surface area (Å²) in [6, 6.07) is 16.8. The Hall–Kier alpha value is -3.58. The van der Waals surface area contributed by atoms with E-state index in [1.807, 2.05) is 24.4 Å². The van der Waals surface area contributed by atoms with Crippen molar-refractivity contribution in [3.8, 4) is 0 Å². The summed E-state index contributed by atoms with van der Waals surface area (Å²) in [5.74, 6) is 1.33. The number of anilines is 3. The van der Waals surface area contributed by atoms with Crippen molar-refractivity contribution in [1.29, 1.82) is 0 Å². The molecule has 1 aliphatic rings. The molecule has 0 radical (unpaired) electrons. The van der Waals surface area contributed by atoms with Gasteiger partial charge in [-0.2, -0.15) is 0 Å². The van der Waals surface area contributed by atoms with Crippen LogP contribution in [0.3, 0.4) is 0 Å². The number of benzene rings is 2. The first-order valence-electron chi connectivity index (χ1n) is 10.6. The molecule has 0 aliphatic carbocycles. The number of nitrogens with one attached hydrogen (secondary N) is 3. The van der Waals surface area contributed by atoms with Gasteiger partial charge in [0.15, 0.2) is 0 Å². The summed E-state index contributed by atoms with van der Waals surface area (Å²) in [7, 11) is 0. The van der Waals surface area contributed by atoms with Crippen LogP contribution in [-0.4, -0.2) is 34.1 Å². The van der Waals surface area contributed by atoms with E-state index in [0.717, 1.165) is 48.5 Å². The Morgan fingerprint density at radius 2 is 1.94 bits per heavy atom. The topological polar surface area (TPSA) is 85.9 Å². The van der Waals surface area contributed by atoms with Crippen LogP contribution in [0.15, 0.2) is 67.1 Å². The molecule has 1 unspecified atom stereocenters. The Labute approximate surface area is 195 Å². The second-order valence-electron chi connectivity index (χ2n) is 7.93. The molecule has 8 heteroatoms. The monoisotopic (exact) mass is 452 g/mol. The molecule has 1 fully saturated rings. The van der Waals surface area contributed by atoms with E-state index in [0.29, 0.717) is 16.6 Å². The minimum absolute atomic E-state index is 0. The molecular formula is C24H29ClN6O. The van der Waals surface area contributed by atoms with Gasteiger partial charge in [0, 0.05) is 45.9 Å². The number of carbonyl (C=O) groups excluding carboxylic acids is 1. The molecule has 1 aliphatic heterocycles. The van der Waals surface area contributed by atoms with Gasteiger partial charge in [-0.15, -0.1) is 0 Å². The predicted octanol–water partition coefficient (Wildman–Crippen LogP) is 6.38. The molecule has 7 nitrogen and oxygen atoms in total. The van der Waals surface area contributed by atoms with Gasteiger partial charge in [0.05, 0.1) is 5.39 Å². The number of hydrogen-bond donors (Lipinski definition) is 3. The molecule has 3 heterocycles. The van der Waals surface area contributed by atoms with Crippen LogP contribution >= 0.6 is 11.6 Å². The van der Waals surface area contributed by atoms with E-state index in [-0.39, 0.29) is 10.3 Å². The first-order chi connectivity index (χ1) is 15.7. The van der Waals surface area contributed by atoms with Gasteiger partial charge in [0.2, 0.25) is 0 Å². The van der Waals surface area contributed by atoms with Crippen LogP contribution in [-0.2, 0) is 0 Å². The predicted molar refractivity (Wildman–Crippen MR) is 135 cm³/mol. The average Bonchev–Trinajstić information content (AvgIpc) is 3.30. The number of hydrogen-bond acceptors (Lipinski definition) is 4. The molecule has 2 aromatic carbocycles. The third-order valence-electron chi connectivity index (χ3n) is 5.77. The summed E-state index contributed by atoms with van der Waals surface area (Å²) in [4.78, 5) is 26.8. The minimum Gasteiger partial charge on any atom is -0.355 e. The second kappa shape index (κ2) is 8.88. The fraction of sp³-hybridized carbons (Fsp3) is 0.208. The Morgan fingerprint density at radius 1 is 1.09 bits per heavy atom. The molecule has 5 rings (SSSR count). The van der Waals surface area contributed by atoms with Crippen LogP contribution in [0.2, 0.25) is 5.02 Å². The highest BCUT2D eigenvalue weighted by Crippen LogP contribution is 2.32. The maximum absolute atomic E-state index is 12.4. The Bertz CT molecular complexity index is 1250. The van der Waals surface area contributed by atoms with Crippen LogP contribution in [0.4, 0.5) is 22.0 Å². The van der Waals surface area contributed by atoms with Crippen LogP contribution in [0, 0.1) is 0 Å². The van der Waals surface area contributed by atoms with Crippen molar-refractivity contribution in [2.75, 3.05) is 28.6 Å². The molecule has 3 N–H and O–H groups in total. The van der Waals surface area contributed by atoms with Gasteiger partial charge in [-0.05, 0) is 60.9 Å². The van der Waals surface area contributed by atoms with Gasteiger partial charge >= 0.3 is 6.03 Å². The molecule has 2 amide bonds. The summed E-state index contributed by atoms with van der Waals surface area (Å²) in [6.45, 7) is 1.84. The highest BCUT2D eigenvalue weighted by atomic mass is 35.5. The van der Waals surface area contributed by atoms with E-state index in [9.17, 15) is 4.79 Å².